The fourth-order valence-electron chi connectivity index (χ4n) is 3.11. The molecule has 154 valence electrons. The molecule has 0 saturated heterocycles. The second-order valence-corrected chi connectivity index (χ2v) is 7.11. The molecule has 5 heteroatoms. The number of hydrogen-bond acceptors (Lipinski definition) is 3. The molecule has 0 aromatic heterocycles. The minimum Gasteiger partial charge on any atom is -0.492 e. The van der Waals surface area contributed by atoms with Gasteiger partial charge in [-0.1, -0.05) is 30.3 Å². The van der Waals surface area contributed by atoms with Crippen LogP contribution in [0, 0.1) is 0 Å². The zero-order chi connectivity index (χ0) is 19.6. The van der Waals surface area contributed by atoms with Crippen LogP contribution in [0.25, 0.3) is 0 Å². The van der Waals surface area contributed by atoms with Gasteiger partial charge in [-0.3, -0.25) is 9.89 Å². The van der Waals surface area contributed by atoms with Crippen molar-refractivity contribution in [3.8, 4) is 5.75 Å². The molecule has 4 nitrogen and oxygen atoms in total. The molecule has 0 saturated carbocycles. The third-order valence-corrected chi connectivity index (χ3v) is 4.43. The largest absolute Gasteiger partial charge is 0.492 e. The number of halogens is 1. The Bertz CT molecular complexity index is 692. The number of nitrogens with one attached hydrogen (secondary N) is 1. The standard InChI is InChI=1S/C23H33N3O.BrH/c1-6-24-23(20-10-8-7-9-11-20)25-21-12-14-22(15-13-21)27-17-16-26(18(2)3)19(4)5;/h7-15,18-19H,6,16-17H2,1-5H3,(H,24,25);1H. The zero-order valence-corrected chi connectivity index (χ0v) is 19.4. The lowest BCUT2D eigenvalue weighted by Gasteiger charge is -2.30. The van der Waals surface area contributed by atoms with Gasteiger partial charge in [0, 0.05) is 36.4 Å². The number of hydrogen-bond donors (Lipinski definition) is 1. The topological polar surface area (TPSA) is 36.9 Å². The Hall–Kier alpha value is -1.85. The molecular formula is C23H34BrN3O. The molecule has 0 spiro atoms. The number of ether oxygens (including phenoxy) is 1. The van der Waals surface area contributed by atoms with Crippen molar-refractivity contribution in [2.75, 3.05) is 25.0 Å². The molecular weight excluding hydrogens is 414 g/mol. The van der Waals surface area contributed by atoms with E-state index in [9.17, 15) is 0 Å². The number of benzene rings is 2. The van der Waals surface area contributed by atoms with Crippen molar-refractivity contribution in [1.82, 2.24) is 4.90 Å². The highest BCUT2D eigenvalue weighted by atomic mass is 79.9. The highest BCUT2D eigenvalue weighted by Gasteiger charge is 2.12. The molecule has 0 aliphatic heterocycles. The average Bonchev–Trinajstić information content (AvgIpc) is 2.66. The van der Waals surface area contributed by atoms with E-state index in [1.807, 2.05) is 49.4 Å². The van der Waals surface area contributed by atoms with Crippen LogP contribution in [0.2, 0.25) is 0 Å². The van der Waals surface area contributed by atoms with E-state index in [-0.39, 0.29) is 17.0 Å². The van der Waals surface area contributed by atoms with Gasteiger partial charge in [0.15, 0.2) is 0 Å². The predicted octanol–water partition coefficient (Wildman–Crippen LogP) is 5.64. The molecule has 0 bridgehead atoms. The molecule has 0 atom stereocenters. The Labute approximate surface area is 180 Å². The van der Waals surface area contributed by atoms with E-state index >= 15 is 0 Å². The van der Waals surface area contributed by atoms with Crippen molar-refractivity contribution >= 4 is 28.5 Å². The Kier molecular flexibility index (Phi) is 10.9. The van der Waals surface area contributed by atoms with E-state index in [2.05, 4.69) is 55.0 Å². The number of nitrogens with zero attached hydrogens (tertiary/aromatic N) is 2. The minimum atomic E-state index is 0. The lowest BCUT2D eigenvalue weighted by Crippen LogP contribution is -2.39. The number of amidine groups is 1. The van der Waals surface area contributed by atoms with Gasteiger partial charge < -0.3 is 10.1 Å². The van der Waals surface area contributed by atoms with E-state index in [0.717, 1.165) is 35.9 Å². The maximum Gasteiger partial charge on any atom is 0.132 e. The van der Waals surface area contributed by atoms with Gasteiger partial charge in [-0.15, -0.1) is 17.0 Å². The molecule has 0 radical (unpaired) electrons. The predicted molar refractivity (Wildman–Crippen MR) is 126 cm³/mol. The van der Waals surface area contributed by atoms with Crippen molar-refractivity contribution in [3.63, 3.8) is 0 Å². The molecule has 2 aromatic carbocycles. The summed E-state index contributed by atoms with van der Waals surface area (Å²) >= 11 is 0. The van der Waals surface area contributed by atoms with Gasteiger partial charge in [-0.25, -0.2) is 0 Å². The third kappa shape index (κ3) is 7.64. The fraction of sp³-hybridized carbons (Fsp3) is 0.435. The normalized spacial score (nSPS) is 11.6. The van der Waals surface area contributed by atoms with E-state index in [1.54, 1.807) is 0 Å². The molecule has 0 fully saturated rings. The van der Waals surface area contributed by atoms with E-state index in [0.29, 0.717) is 18.7 Å². The van der Waals surface area contributed by atoms with Crippen LogP contribution < -0.4 is 10.1 Å². The Morgan fingerprint density at radius 2 is 1.57 bits per heavy atom. The van der Waals surface area contributed by atoms with Crippen molar-refractivity contribution < 1.29 is 4.74 Å². The van der Waals surface area contributed by atoms with Gasteiger partial charge in [0.05, 0.1) is 0 Å². The monoisotopic (exact) mass is 447 g/mol. The molecule has 0 aliphatic rings. The fourth-order valence-corrected chi connectivity index (χ4v) is 3.11. The van der Waals surface area contributed by atoms with E-state index in [1.165, 1.54) is 0 Å². The van der Waals surface area contributed by atoms with Gasteiger partial charge in [0.25, 0.3) is 0 Å². The van der Waals surface area contributed by atoms with Crippen molar-refractivity contribution in [2.45, 2.75) is 46.7 Å². The third-order valence-electron chi connectivity index (χ3n) is 4.43. The maximum absolute atomic E-state index is 5.93. The summed E-state index contributed by atoms with van der Waals surface area (Å²) in [6, 6.07) is 19.3. The first-order valence-corrected chi connectivity index (χ1v) is 9.86. The summed E-state index contributed by atoms with van der Waals surface area (Å²) in [6.07, 6.45) is 0. The number of anilines is 1. The maximum atomic E-state index is 5.93. The summed E-state index contributed by atoms with van der Waals surface area (Å²) in [6.45, 7) is 13.3. The van der Waals surface area contributed by atoms with Crippen LogP contribution in [0.15, 0.2) is 59.6 Å². The van der Waals surface area contributed by atoms with Crippen molar-refractivity contribution in [1.29, 1.82) is 0 Å². The SMILES string of the molecule is Br.CCN=C(Nc1ccc(OCCN(C(C)C)C(C)C)cc1)c1ccccc1. The molecule has 28 heavy (non-hydrogen) atoms. The second kappa shape index (κ2) is 12.6. The van der Waals surface area contributed by atoms with Crippen LogP contribution in [0.4, 0.5) is 5.69 Å². The second-order valence-electron chi connectivity index (χ2n) is 7.11. The summed E-state index contributed by atoms with van der Waals surface area (Å²) in [5, 5.41) is 3.41. The number of rotatable bonds is 9. The number of aliphatic imine (C=N–C) groups is 1. The summed E-state index contributed by atoms with van der Waals surface area (Å²) < 4.78 is 5.93. The van der Waals surface area contributed by atoms with Crippen LogP contribution in [-0.4, -0.2) is 42.5 Å². The Morgan fingerprint density at radius 1 is 0.964 bits per heavy atom. The Morgan fingerprint density at radius 3 is 2.11 bits per heavy atom. The molecule has 0 heterocycles. The summed E-state index contributed by atoms with van der Waals surface area (Å²) in [5.74, 6) is 1.78. The van der Waals surface area contributed by atoms with Crippen LogP contribution in [0.3, 0.4) is 0 Å². The van der Waals surface area contributed by atoms with Crippen molar-refractivity contribution in [3.05, 3.63) is 60.2 Å². The quantitative estimate of drug-likeness (QED) is 0.398. The smallest absolute Gasteiger partial charge is 0.132 e. The molecule has 0 amide bonds. The zero-order valence-electron chi connectivity index (χ0n) is 17.7. The molecule has 2 aromatic rings. The Balaban J connectivity index is 0.00000392. The molecule has 1 N–H and O–H groups in total. The minimum absolute atomic E-state index is 0. The van der Waals surface area contributed by atoms with Crippen LogP contribution >= 0.6 is 17.0 Å². The average molecular weight is 448 g/mol. The summed E-state index contributed by atoms with van der Waals surface area (Å²) in [5.41, 5.74) is 2.09. The first-order valence-electron chi connectivity index (χ1n) is 9.86. The lowest BCUT2D eigenvalue weighted by molar-refractivity contribution is 0.142. The highest BCUT2D eigenvalue weighted by Crippen LogP contribution is 2.17. The van der Waals surface area contributed by atoms with E-state index < -0.39 is 0 Å². The van der Waals surface area contributed by atoms with Gasteiger partial charge >= 0.3 is 0 Å². The summed E-state index contributed by atoms with van der Waals surface area (Å²) in [7, 11) is 0. The highest BCUT2D eigenvalue weighted by molar-refractivity contribution is 8.93. The lowest BCUT2D eigenvalue weighted by atomic mass is 10.2. The summed E-state index contributed by atoms with van der Waals surface area (Å²) in [4.78, 5) is 7.02. The van der Waals surface area contributed by atoms with Gasteiger partial charge in [0.1, 0.15) is 18.2 Å². The van der Waals surface area contributed by atoms with Gasteiger partial charge in [-0.05, 0) is 58.9 Å². The first kappa shape index (κ1) is 24.2. The molecule has 0 aliphatic carbocycles. The van der Waals surface area contributed by atoms with Gasteiger partial charge in [0.2, 0.25) is 0 Å². The van der Waals surface area contributed by atoms with Crippen LogP contribution in [0.1, 0.15) is 40.2 Å². The molecule has 0 unspecified atom stereocenters. The van der Waals surface area contributed by atoms with Gasteiger partial charge in [-0.2, -0.15) is 0 Å². The first-order chi connectivity index (χ1) is 13.0. The van der Waals surface area contributed by atoms with Crippen LogP contribution in [0.5, 0.6) is 5.75 Å². The van der Waals surface area contributed by atoms with Crippen molar-refractivity contribution in [2.24, 2.45) is 4.99 Å². The molecule has 2 rings (SSSR count). The van der Waals surface area contributed by atoms with Crippen LogP contribution in [-0.2, 0) is 0 Å². The van der Waals surface area contributed by atoms with E-state index in [4.69, 9.17) is 4.74 Å².